The largest absolute Gasteiger partial charge is 0.490 e. The van der Waals surface area contributed by atoms with E-state index < -0.39 is 12.1 Å². The van der Waals surface area contributed by atoms with E-state index in [0.29, 0.717) is 17.9 Å². The SMILES string of the molecule is CCCN(CCC)CCCN1CCN(Cc2ccc(C(=O)NN(CC(C)C)c3nc(C#N)ncc3Cl)cc2)CC1.O=C(O)C(F)(F)F. The monoisotopic (exact) mass is 682 g/mol. The van der Waals surface area contributed by atoms with Gasteiger partial charge >= 0.3 is 12.1 Å². The molecule has 11 nitrogen and oxygen atoms in total. The van der Waals surface area contributed by atoms with Gasteiger partial charge in [-0.3, -0.25) is 20.1 Å². The number of benzene rings is 1. The van der Waals surface area contributed by atoms with Crippen LogP contribution in [0.15, 0.2) is 30.5 Å². The smallest absolute Gasteiger partial charge is 0.475 e. The van der Waals surface area contributed by atoms with Gasteiger partial charge in [0.15, 0.2) is 5.82 Å². The zero-order valence-electron chi connectivity index (χ0n) is 27.6. The van der Waals surface area contributed by atoms with Crippen LogP contribution in [-0.4, -0.2) is 107 Å². The number of rotatable bonds is 15. The summed E-state index contributed by atoms with van der Waals surface area (Å²) in [7, 11) is 0. The Hall–Kier alpha value is -3.51. The highest BCUT2D eigenvalue weighted by molar-refractivity contribution is 6.32. The van der Waals surface area contributed by atoms with Gasteiger partial charge in [-0.1, -0.05) is 51.4 Å². The first-order chi connectivity index (χ1) is 22.3. The van der Waals surface area contributed by atoms with Crippen molar-refractivity contribution in [1.82, 2.24) is 30.1 Å². The maximum Gasteiger partial charge on any atom is 0.490 e. The Morgan fingerprint density at radius 3 is 2.15 bits per heavy atom. The molecule has 2 N–H and O–H groups in total. The quantitative estimate of drug-likeness (QED) is 0.246. The van der Waals surface area contributed by atoms with Crippen LogP contribution in [0.1, 0.15) is 68.7 Å². The van der Waals surface area contributed by atoms with Crippen molar-refractivity contribution in [1.29, 1.82) is 5.26 Å². The molecule has 1 aromatic heterocycles. The van der Waals surface area contributed by atoms with Gasteiger partial charge in [0.2, 0.25) is 5.82 Å². The number of anilines is 1. The number of nitriles is 1. The molecular formula is C32H46ClF3N8O3. The molecule has 1 amide bonds. The van der Waals surface area contributed by atoms with Gasteiger partial charge in [-0.2, -0.15) is 23.4 Å². The summed E-state index contributed by atoms with van der Waals surface area (Å²) >= 11 is 6.31. The minimum atomic E-state index is -5.08. The van der Waals surface area contributed by atoms with Crippen molar-refractivity contribution in [2.24, 2.45) is 5.92 Å². The second-order valence-electron chi connectivity index (χ2n) is 11.7. The molecule has 260 valence electrons. The fourth-order valence-corrected chi connectivity index (χ4v) is 5.21. The molecule has 1 fully saturated rings. The number of carbonyl (C=O) groups excluding carboxylic acids is 1. The average Bonchev–Trinajstić information content (AvgIpc) is 3.02. The van der Waals surface area contributed by atoms with Crippen LogP contribution >= 0.6 is 11.6 Å². The number of hydrogen-bond acceptors (Lipinski definition) is 9. The number of carbonyl (C=O) groups is 2. The fraction of sp³-hybridized carbons (Fsp3) is 0.594. The normalized spacial score (nSPS) is 14.0. The van der Waals surface area contributed by atoms with E-state index in [1.165, 1.54) is 57.2 Å². The van der Waals surface area contributed by atoms with Crippen LogP contribution in [-0.2, 0) is 11.3 Å². The molecule has 2 aromatic rings. The first kappa shape index (κ1) is 39.7. The lowest BCUT2D eigenvalue weighted by molar-refractivity contribution is -0.192. The molecule has 15 heteroatoms. The maximum atomic E-state index is 13.1. The van der Waals surface area contributed by atoms with E-state index >= 15 is 0 Å². The van der Waals surface area contributed by atoms with Crippen molar-refractivity contribution in [3.05, 3.63) is 52.4 Å². The number of amides is 1. The lowest BCUT2D eigenvalue weighted by Gasteiger charge is -2.35. The molecule has 47 heavy (non-hydrogen) atoms. The van der Waals surface area contributed by atoms with Gasteiger partial charge in [-0.05, 0) is 69.1 Å². The molecule has 2 heterocycles. The van der Waals surface area contributed by atoms with Crippen molar-refractivity contribution < 1.29 is 27.9 Å². The van der Waals surface area contributed by atoms with Crippen LogP contribution < -0.4 is 10.4 Å². The number of aliphatic carboxylic acids is 1. The van der Waals surface area contributed by atoms with Gasteiger partial charge in [0.25, 0.3) is 5.91 Å². The van der Waals surface area contributed by atoms with Gasteiger partial charge in [0.1, 0.15) is 11.1 Å². The molecule has 0 radical (unpaired) electrons. The Morgan fingerprint density at radius 1 is 1.06 bits per heavy atom. The Bertz CT molecular complexity index is 1290. The number of halogens is 4. The Morgan fingerprint density at radius 2 is 1.64 bits per heavy atom. The van der Waals surface area contributed by atoms with E-state index in [1.54, 1.807) is 5.01 Å². The topological polar surface area (TPSA) is 129 Å². The van der Waals surface area contributed by atoms with E-state index in [0.717, 1.165) is 32.7 Å². The van der Waals surface area contributed by atoms with Crippen molar-refractivity contribution in [2.75, 3.05) is 63.9 Å². The zero-order chi connectivity index (χ0) is 35.0. The molecule has 1 aliphatic heterocycles. The molecule has 0 spiro atoms. The number of nitrogens with one attached hydrogen (secondary N) is 1. The van der Waals surface area contributed by atoms with Gasteiger partial charge in [0.05, 0.1) is 6.20 Å². The number of aromatic nitrogens is 2. The minimum Gasteiger partial charge on any atom is -0.475 e. The second kappa shape index (κ2) is 20.0. The number of carboxylic acid groups (broad SMARTS) is 1. The van der Waals surface area contributed by atoms with Crippen LogP contribution in [0.5, 0.6) is 0 Å². The van der Waals surface area contributed by atoms with Crippen LogP contribution in [0.2, 0.25) is 5.02 Å². The van der Waals surface area contributed by atoms with Gasteiger partial charge in [0, 0.05) is 44.8 Å². The third-order valence-electron chi connectivity index (χ3n) is 7.22. The second-order valence-corrected chi connectivity index (χ2v) is 12.1. The van der Waals surface area contributed by atoms with E-state index in [4.69, 9.17) is 21.5 Å². The number of hydrazine groups is 1. The molecule has 0 bridgehead atoms. The fourth-order valence-electron chi connectivity index (χ4n) is 5.02. The lowest BCUT2D eigenvalue weighted by Crippen LogP contribution is -2.46. The summed E-state index contributed by atoms with van der Waals surface area (Å²) < 4.78 is 31.7. The number of nitrogens with zero attached hydrogens (tertiary/aromatic N) is 7. The summed E-state index contributed by atoms with van der Waals surface area (Å²) in [6.07, 6.45) is -0.0158. The summed E-state index contributed by atoms with van der Waals surface area (Å²) in [5.41, 5.74) is 4.65. The third kappa shape index (κ3) is 14.4. The molecule has 1 aromatic carbocycles. The molecular weight excluding hydrogens is 637 g/mol. The van der Waals surface area contributed by atoms with Gasteiger partial charge in [-0.15, -0.1) is 0 Å². The zero-order valence-corrected chi connectivity index (χ0v) is 28.3. The molecule has 3 rings (SSSR count). The molecule has 0 unspecified atom stereocenters. The summed E-state index contributed by atoms with van der Waals surface area (Å²) in [6, 6.07) is 9.68. The molecule has 0 aliphatic carbocycles. The molecule has 1 saturated heterocycles. The molecule has 0 saturated carbocycles. The van der Waals surface area contributed by atoms with E-state index in [1.807, 2.05) is 44.2 Å². The average molecular weight is 683 g/mol. The highest BCUT2D eigenvalue weighted by Gasteiger charge is 2.38. The summed E-state index contributed by atoms with van der Waals surface area (Å²) in [4.78, 5) is 37.8. The Balaban J connectivity index is 0.000000984. The van der Waals surface area contributed by atoms with Crippen molar-refractivity contribution in [3.63, 3.8) is 0 Å². The number of hydrogen-bond donors (Lipinski definition) is 2. The predicted molar refractivity (Wildman–Crippen MR) is 175 cm³/mol. The lowest BCUT2D eigenvalue weighted by atomic mass is 10.1. The predicted octanol–water partition coefficient (Wildman–Crippen LogP) is 5.07. The van der Waals surface area contributed by atoms with Crippen molar-refractivity contribution in [3.8, 4) is 6.07 Å². The summed E-state index contributed by atoms with van der Waals surface area (Å²) in [6.45, 7) is 19.1. The molecule has 0 atom stereocenters. The first-order valence-corrected chi connectivity index (χ1v) is 16.2. The van der Waals surface area contributed by atoms with Gasteiger partial charge in [-0.25, -0.2) is 9.78 Å². The van der Waals surface area contributed by atoms with E-state index in [9.17, 15) is 23.2 Å². The van der Waals surface area contributed by atoms with Crippen molar-refractivity contribution >= 4 is 29.3 Å². The van der Waals surface area contributed by atoms with Crippen LogP contribution in [0.25, 0.3) is 0 Å². The highest BCUT2D eigenvalue weighted by Crippen LogP contribution is 2.22. The summed E-state index contributed by atoms with van der Waals surface area (Å²) in [5.74, 6) is -2.49. The number of piperazine rings is 1. The standard InChI is InChI=1S/C30H45ClN8O.C2HF3O2/c1-5-12-36(13-6-2)14-7-15-37-16-18-38(19-17-37)23-25-8-10-26(11-9-25)30(40)35-39(22-24(3)4)29-27(31)21-33-28(20-32)34-29;3-2(4,5)1(6)7/h8-11,21,24H,5-7,12-19,22-23H2,1-4H3,(H,35,40);(H,6,7). The Labute approximate surface area is 280 Å². The van der Waals surface area contributed by atoms with E-state index in [2.05, 4.69) is 43.9 Å². The van der Waals surface area contributed by atoms with Crippen molar-refractivity contribution in [2.45, 2.75) is 59.7 Å². The van der Waals surface area contributed by atoms with Crippen LogP contribution in [0, 0.1) is 17.2 Å². The molecule has 1 aliphatic rings. The highest BCUT2D eigenvalue weighted by atomic mass is 35.5. The van der Waals surface area contributed by atoms with E-state index in [-0.39, 0.29) is 22.7 Å². The minimum absolute atomic E-state index is 0.00168. The Kier molecular flexibility index (Phi) is 16.9. The first-order valence-electron chi connectivity index (χ1n) is 15.8. The number of alkyl halides is 3. The number of carboxylic acids is 1. The van der Waals surface area contributed by atoms with Gasteiger partial charge < -0.3 is 14.9 Å². The maximum absolute atomic E-state index is 13.1. The van der Waals surface area contributed by atoms with Crippen LogP contribution in [0.4, 0.5) is 19.0 Å². The third-order valence-corrected chi connectivity index (χ3v) is 7.49. The summed E-state index contributed by atoms with van der Waals surface area (Å²) in [5, 5.41) is 18.2. The van der Waals surface area contributed by atoms with Crippen LogP contribution in [0.3, 0.4) is 0 Å².